The summed E-state index contributed by atoms with van der Waals surface area (Å²) in [4.78, 5) is 34.6. The smallest absolute Gasteiger partial charge is 0.331 e. The van der Waals surface area contributed by atoms with Gasteiger partial charge in [0.25, 0.3) is 5.56 Å². The number of aryl methyl sites for hydroxylation is 1. The molecule has 6 nitrogen and oxygen atoms in total. The predicted octanol–water partition coefficient (Wildman–Crippen LogP) is 0.0932. The number of nitrogens with zero attached hydrogens (tertiary/aromatic N) is 2. The molecule has 0 atom stereocenters. The third kappa shape index (κ3) is 1.81. The second kappa shape index (κ2) is 4.14. The van der Waals surface area contributed by atoms with Crippen LogP contribution in [0.4, 0.5) is 0 Å². The number of hydrogen-bond donors (Lipinski definition) is 1. The molecule has 2 aromatic rings. The van der Waals surface area contributed by atoms with Crippen LogP contribution in [0.2, 0.25) is 0 Å². The van der Waals surface area contributed by atoms with Gasteiger partial charge in [0, 0.05) is 7.05 Å². The number of carboxylic acids is 1. The Morgan fingerprint density at radius 1 is 1.33 bits per heavy atom. The van der Waals surface area contributed by atoms with Crippen molar-refractivity contribution in [1.29, 1.82) is 0 Å². The van der Waals surface area contributed by atoms with Gasteiger partial charge in [-0.1, -0.05) is 6.07 Å². The van der Waals surface area contributed by atoms with E-state index in [4.69, 9.17) is 5.11 Å². The van der Waals surface area contributed by atoms with Crippen LogP contribution in [0.3, 0.4) is 0 Å². The Balaban J connectivity index is 2.98. The lowest BCUT2D eigenvalue weighted by Crippen LogP contribution is -2.39. The van der Waals surface area contributed by atoms with Crippen LogP contribution in [0.1, 0.15) is 5.56 Å². The zero-order valence-electron chi connectivity index (χ0n) is 10.0. The van der Waals surface area contributed by atoms with Crippen LogP contribution in [0.5, 0.6) is 0 Å². The highest BCUT2D eigenvalue weighted by Gasteiger charge is 2.12. The van der Waals surface area contributed by atoms with Crippen LogP contribution >= 0.6 is 0 Å². The fourth-order valence-corrected chi connectivity index (χ4v) is 1.89. The predicted molar refractivity (Wildman–Crippen MR) is 65.8 cm³/mol. The van der Waals surface area contributed by atoms with E-state index in [0.29, 0.717) is 10.9 Å². The quantitative estimate of drug-likeness (QED) is 0.816. The average molecular weight is 248 g/mol. The van der Waals surface area contributed by atoms with E-state index in [2.05, 4.69) is 0 Å². The standard InChI is InChI=1S/C12H12N2O4/c1-7-3-4-8-9(5-7)14(6-10(15)16)12(18)13(2)11(8)17/h3-5H,6H2,1-2H3,(H,15,16). The maximum Gasteiger partial charge on any atom is 0.331 e. The Kier molecular flexibility index (Phi) is 2.78. The highest BCUT2D eigenvalue weighted by molar-refractivity contribution is 5.80. The Labute approximate surface area is 102 Å². The third-order valence-corrected chi connectivity index (χ3v) is 2.79. The molecule has 0 spiro atoms. The van der Waals surface area contributed by atoms with E-state index in [9.17, 15) is 14.4 Å². The van der Waals surface area contributed by atoms with Crippen LogP contribution < -0.4 is 11.2 Å². The van der Waals surface area contributed by atoms with E-state index in [0.717, 1.165) is 14.7 Å². The van der Waals surface area contributed by atoms with E-state index >= 15 is 0 Å². The van der Waals surface area contributed by atoms with E-state index in [1.165, 1.54) is 7.05 Å². The van der Waals surface area contributed by atoms with E-state index < -0.39 is 23.8 Å². The molecular weight excluding hydrogens is 236 g/mol. The molecule has 1 aromatic heterocycles. The second-order valence-corrected chi connectivity index (χ2v) is 4.15. The molecule has 6 heteroatoms. The molecule has 0 saturated carbocycles. The number of fused-ring (bicyclic) bond motifs is 1. The molecule has 1 aromatic carbocycles. The van der Waals surface area contributed by atoms with Gasteiger partial charge in [0.1, 0.15) is 6.54 Å². The summed E-state index contributed by atoms with van der Waals surface area (Å²) in [6.45, 7) is 1.35. The zero-order chi connectivity index (χ0) is 13.4. The van der Waals surface area contributed by atoms with Crippen LogP contribution in [-0.4, -0.2) is 20.2 Å². The fraction of sp³-hybridized carbons (Fsp3) is 0.250. The lowest BCUT2D eigenvalue weighted by atomic mass is 10.1. The first kappa shape index (κ1) is 12.1. The molecule has 94 valence electrons. The lowest BCUT2D eigenvalue weighted by molar-refractivity contribution is -0.137. The minimum absolute atomic E-state index is 0.337. The molecule has 0 bridgehead atoms. The molecule has 1 N–H and O–H groups in total. The van der Waals surface area contributed by atoms with Crippen LogP contribution in [0.25, 0.3) is 10.9 Å². The average Bonchev–Trinajstić information content (AvgIpc) is 2.31. The van der Waals surface area contributed by atoms with E-state index in [1.807, 2.05) is 6.92 Å². The van der Waals surface area contributed by atoms with Gasteiger partial charge < -0.3 is 5.11 Å². The monoisotopic (exact) mass is 248 g/mol. The van der Waals surface area contributed by atoms with Crippen molar-refractivity contribution in [3.63, 3.8) is 0 Å². The van der Waals surface area contributed by atoms with Crippen molar-refractivity contribution in [2.75, 3.05) is 0 Å². The van der Waals surface area contributed by atoms with Crippen LogP contribution in [-0.2, 0) is 18.4 Å². The SMILES string of the molecule is Cc1ccc2c(=O)n(C)c(=O)n(CC(=O)O)c2c1. The molecule has 18 heavy (non-hydrogen) atoms. The van der Waals surface area contributed by atoms with Gasteiger partial charge in [0.15, 0.2) is 0 Å². The van der Waals surface area contributed by atoms with Crippen LogP contribution in [0, 0.1) is 6.92 Å². The van der Waals surface area contributed by atoms with Gasteiger partial charge in [0.05, 0.1) is 10.9 Å². The molecule has 0 aliphatic heterocycles. The highest BCUT2D eigenvalue weighted by atomic mass is 16.4. The van der Waals surface area contributed by atoms with Gasteiger partial charge in [-0.2, -0.15) is 0 Å². The van der Waals surface area contributed by atoms with Crippen molar-refractivity contribution in [1.82, 2.24) is 9.13 Å². The lowest BCUT2D eigenvalue weighted by Gasteiger charge is -2.10. The summed E-state index contributed by atoms with van der Waals surface area (Å²) in [6.07, 6.45) is 0. The largest absolute Gasteiger partial charge is 0.480 e. The van der Waals surface area contributed by atoms with E-state index in [1.54, 1.807) is 18.2 Å². The molecule has 0 aliphatic carbocycles. The Morgan fingerprint density at radius 2 is 2.00 bits per heavy atom. The molecule has 0 amide bonds. The van der Waals surface area contributed by atoms with Crippen molar-refractivity contribution in [3.8, 4) is 0 Å². The van der Waals surface area contributed by atoms with E-state index in [-0.39, 0.29) is 0 Å². The van der Waals surface area contributed by atoms with Gasteiger partial charge in [-0.25, -0.2) is 4.79 Å². The number of aliphatic carboxylic acids is 1. The van der Waals surface area contributed by atoms with Crippen molar-refractivity contribution < 1.29 is 9.90 Å². The normalized spacial score (nSPS) is 10.8. The molecule has 1 heterocycles. The number of aromatic nitrogens is 2. The van der Waals surface area contributed by atoms with Crippen molar-refractivity contribution in [3.05, 3.63) is 44.6 Å². The molecular formula is C12H12N2O4. The zero-order valence-corrected chi connectivity index (χ0v) is 10.0. The fourth-order valence-electron chi connectivity index (χ4n) is 1.89. The number of hydrogen-bond acceptors (Lipinski definition) is 3. The summed E-state index contributed by atoms with van der Waals surface area (Å²) < 4.78 is 2.01. The number of benzene rings is 1. The van der Waals surface area contributed by atoms with Crippen LogP contribution in [0.15, 0.2) is 27.8 Å². The first-order valence-corrected chi connectivity index (χ1v) is 5.34. The first-order chi connectivity index (χ1) is 8.41. The second-order valence-electron chi connectivity index (χ2n) is 4.15. The molecule has 0 saturated heterocycles. The maximum absolute atomic E-state index is 11.9. The number of rotatable bonds is 2. The topological polar surface area (TPSA) is 81.3 Å². The third-order valence-electron chi connectivity index (χ3n) is 2.79. The molecule has 0 unspecified atom stereocenters. The van der Waals surface area contributed by atoms with Crippen molar-refractivity contribution in [2.24, 2.45) is 7.05 Å². The van der Waals surface area contributed by atoms with Crippen molar-refractivity contribution in [2.45, 2.75) is 13.5 Å². The van der Waals surface area contributed by atoms with Crippen molar-refractivity contribution >= 4 is 16.9 Å². The van der Waals surface area contributed by atoms with Gasteiger partial charge >= 0.3 is 11.7 Å². The molecule has 0 aliphatic rings. The summed E-state index contributed by atoms with van der Waals surface area (Å²) in [5, 5.41) is 9.17. The number of carboxylic acid groups (broad SMARTS) is 1. The maximum atomic E-state index is 11.9. The summed E-state index contributed by atoms with van der Waals surface area (Å²) in [5.41, 5.74) is 0.164. The highest BCUT2D eigenvalue weighted by Crippen LogP contribution is 2.10. The summed E-state index contributed by atoms with van der Waals surface area (Å²) >= 11 is 0. The molecule has 2 rings (SSSR count). The van der Waals surface area contributed by atoms with Gasteiger partial charge in [0.2, 0.25) is 0 Å². The molecule has 0 fully saturated rings. The minimum Gasteiger partial charge on any atom is -0.480 e. The summed E-state index contributed by atoms with van der Waals surface area (Å²) in [7, 11) is 1.34. The Morgan fingerprint density at radius 3 is 2.61 bits per heavy atom. The number of carbonyl (C=O) groups is 1. The first-order valence-electron chi connectivity index (χ1n) is 5.34. The summed E-state index contributed by atoms with van der Waals surface area (Å²) in [6, 6.07) is 4.99. The van der Waals surface area contributed by atoms with Gasteiger partial charge in [-0.15, -0.1) is 0 Å². The van der Waals surface area contributed by atoms with Gasteiger partial charge in [-0.05, 0) is 24.6 Å². The molecule has 0 radical (unpaired) electrons. The Hall–Kier alpha value is -2.37. The summed E-state index contributed by atoms with van der Waals surface area (Å²) in [5.74, 6) is -1.13. The Bertz CT molecular complexity index is 755. The van der Waals surface area contributed by atoms with Gasteiger partial charge in [-0.3, -0.25) is 18.7 Å². The minimum atomic E-state index is -1.13.